The van der Waals surface area contributed by atoms with Crippen molar-refractivity contribution in [3.8, 4) is 5.75 Å². The lowest BCUT2D eigenvalue weighted by Gasteiger charge is -2.49. The topological polar surface area (TPSA) is 203 Å². The third-order valence-electron chi connectivity index (χ3n) is 6.64. The molecule has 3 aliphatic heterocycles. The van der Waals surface area contributed by atoms with E-state index in [9.17, 15) is 43.8 Å². The number of imide groups is 1. The van der Waals surface area contributed by atoms with E-state index in [1.54, 1.807) is 6.92 Å². The number of carboxylic acid groups (broad SMARTS) is 1. The number of urea groups is 1. The smallest absolute Gasteiger partial charge is 0.352 e. The summed E-state index contributed by atoms with van der Waals surface area (Å²) in [5.74, 6) is -5.13. The van der Waals surface area contributed by atoms with E-state index in [1.165, 1.54) is 41.8 Å². The van der Waals surface area contributed by atoms with Gasteiger partial charge >= 0.3 is 29.8 Å². The molecule has 16 heteroatoms. The third-order valence-corrected chi connectivity index (χ3v) is 7.98. The quantitative estimate of drug-likeness (QED) is 0.172. The van der Waals surface area contributed by atoms with E-state index in [1.807, 2.05) is 0 Å². The monoisotopic (exact) mass is 589 g/mol. The van der Waals surface area contributed by atoms with Gasteiger partial charge in [-0.05, 0) is 18.6 Å². The van der Waals surface area contributed by atoms with Gasteiger partial charge in [-0.25, -0.2) is 9.59 Å². The molecule has 218 valence electrons. The van der Waals surface area contributed by atoms with Crippen molar-refractivity contribution < 1.29 is 48.5 Å². The molecule has 0 radical (unpaired) electrons. The van der Waals surface area contributed by atoms with Crippen molar-refractivity contribution >= 4 is 59.0 Å². The molecule has 2 atom stereocenters. The normalized spacial score (nSPS) is 20.3. The first-order chi connectivity index (χ1) is 19.4. The molecule has 0 aromatic heterocycles. The maximum Gasteiger partial charge on any atom is 0.352 e. The van der Waals surface area contributed by atoms with Crippen LogP contribution in [0.25, 0.3) is 0 Å². The lowest BCUT2D eigenvalue weighted by atomic mass is 10.0. The van der Waals surface area contributed by atoms with Crippen LogP contribution in [0.3, 0.4) is 0 Å². The Kier molecular flexibility index (Phi) is 8.51. The fraction of sp³-hybridized carbons (Fsp3) is 0.400. The van der Waals surface area contributed by atoms with Gasteiger partial charge in [0.15, 0.2) is 0 Å². The van der Waals surface area contributed by atoms with Gasteiger partial charge in [0.05, 0.1) is 6.42 Å². The molecule has 2 fully saturated rings. The summed E-state index contributed by atoms with van der Waals surface area (Å²) < 4.78 is 4.90. The molecule has 1 aromatic carbocycles. The number of aliphatic carboxylic acids is 1. The fourth-order valence-corrected chi connectivity index (χ4v) is 5.90. The van der Waals surface area contributed by atoms with Crippen LogP contribution in [0.15, 0.2) is 29.5 Å². The largest absolute Gasteiger partial charge is 0.508 e. The maximum atomic E-state index is 12.9. The number of nitrogens with zero attached hydrogens (tertiary/aromatic N) is 3. The number of piperazine rings is 1. The zero-order valence-electron chi connectivity index (χ0n) is 22.0. The summed E-state index contributed by atoms with van der Waals surface area (Å²) >= 11 is 1.20. The molecule has 3 aliphatic rings. The third kappa shape index (κ3) is 5.96. The molecular weight excluding hydrogens is 562 g/mol. The molecular formula is C25H27N5O10S. The minimum absolute atomic E-state index is 0.0168. The number of rotatable bonds is 8. The first-order valence-electron chi connectivity index (χ1n) is 12.5. The number of fused-ring (bicyclic) bond motifs is 1. The molecule has 0 bridgehead atoms. The number of amides is 6. The number of carboxylic acids is 1. The minimum Gasteiger partial charge on any atom is -0.508 e. The number of phenols is 1. The van der Waals surface area contributed by atoms with Crippen LogP contribution >= 0.6 is 11.8 Å². The zero-order chi connectivity index (χ0) is 30.0. The van der Waals surface area contributed by atoms with Crippen LogP contribution in [0.1, 0.15) is 19.4 Å². The Bertz CT molecular complexity index is 1380. The maximum absolute atomic E-state index is 12.9. The number of likely N-dealkylation sites (N-methyl/N-ethyl adjacent to an activating group) is 1. The highest BCUT2D eigenvalue weighted by Crippen LogP contribution is 2.40. The second kappa shape index (κ2) is 11.9. The van der Waals surface area contributed by atoms with E-state index in [0.29, 0.717) is 6.54 Å². The first-order valence-corrected chi connectivity index (χ1v) is 13.5. The zero-order valence-corrected chi connectivity index (χ0v) is 22.9. The molecule has 1 aromatic rings. The van der Waals surface area contributed by atoms with Crippen LogP contribution in [-0.2, 0) is 39.9 Å². The molecule has 3 heterocycles. The second-order valence-corrected chi connectivity index (χ2v) is 10.4. The second-order valence-electron chi connectivity index (χ2n) is 9.28. The van der Waals surface area contributed by atoms with Gasteiger partial charge in [-0.15, -0.1) is 11.8 Å². The van der Waals surface area contributed by atoms with Gasteiger partial charge in [0.1, 0.15) is 29.5 Å². The standard InChI is InChI=1S/C25H27N5O10S/c1-3-28-6-7-29(22(36)21(28)35)25(39)26-16-9-15(32)5-4-13(16)8-17(33)27-18-20(34)30-19(24(37)38)14(10-40-12(2)31)11-41-23(18)30/h4-5,9,18,23,32H,3,6-8,10-11H2,1-2H3,(H,26,39)(H,27,33)(H,37,38)/t18-,23-/m1/s1. The number of anilines is 1. The van der Waals surface area contributed by atoms with Crippen molar-refractivity contribution in [3.63, 3.8) is 0 Å². The van der Waals surface area contributed by atoms with Gasteiger partial charge in [-0.1, -0.05) is 6.07 Å². The summed E-state index contributed by atoms with van der Waals surface area (Å²) in [5.41, 5.74) is 0.229. The number of aromatic hydroxyl groups is 1. The van der Waals surface area contributed by atoms with Crippen LogP contribution in [0.5, 0.6) is 5.75 Å². The fourth-order valence-electron chi connectivity index (χ4n) is 4.57. The lowest BCUT2D eigenvalue weighted by Crippen LogP contribution is -2.70. The van der Waals surface area contributed by atoms with Crippen LogP contribution in [0.4, 0.5) is 10.5 Å². The molecule has 0 unspecified atom stereocenters. The number of carbonyl (C=O) groups excluding carboxylic acids is 6. The van der Waals surface area contributed by atoms with Crippen molar-refractivity contribution in [1.82, 2.24) is 20.0 Å². The summed E-state index contributed by atoms with van der Waals surface area (Å²) in [5, 5.41) is 24.0. The summed E-state index contributed by atoms with van der Waals surface area (Å²) in [6.45, 7) is 3.06. The van der Waals surface area contributed by atoms with E-state index < -0.39 is 53.0 Å². The number of ether oxygens (including phenoxy) is 1. The number of carbonyl (C=O) groups is 7. The summed E-state index contributed by atoms with van der Waals surface area (Å²) in [6.07, 6.45) is -0.340. The number of thioether (sulfide) groups is 1. The van der Waals surface area contributed by atoms with Gasteiger partial charge < -0.3 is 30.5 Å². The Morgan fingerprint density at radius 3 is 2.51 bits per heavy atom. The van der Waals surface area contributed by atoms with E-state index >= 15 is 0 Å². The van der Waals surface area contributed by atoms with Crippen molar-refractivity contribution in [3.05, 3.63) is 35.0 Å². The van der Waals surface area contributed by atoms with Gasteiger partial charge in [0, 0.05) is 49.6 Å². The molecule has 4 N–H and O–H groups in total. The molecule has 2 saturated heterocycles. The molecule has 6 amide bonds. The molecule has 0 aliphatic carbocycles. The Hall–Kier alpha value is -4.60. The SMILES string of the molecule is CCN1CCN(C(=O)Nc2cc(O)ccc2CC(=O)N[C@@H]2C(=O)N3C(C(=O)O)=C(COC(C)=O)CS[C@H]23)C(=O)C1=O. The minimum atomic E-state index is -1.36. The summed E-state index contributed by atoms with van der Waals surface area (Å²) in [7, 11) is 0. The number of nitrogens with one attached hydrogen (secondary N) is 2. The van der Waals surface area contributed by atoms with Crippen LogP contribution in [0.2, 0.25) is 0 Å². The predicted molar refractivity (Wildman–Crippen MR) is 141 cm³/mol. The first kappa shape index (κ1) is 29.4. The van der Waals surface area contributed by atoms with Crippen molar-refractivity contribution in [1.29, 1.82) is 0 Å². The van der Waals surface area contributed by atoms with Gasteiger partial charge in [0.2, 0.25) is 5.91 Å². The van der Waals surface area contributed by atoms with Crippen molar-refractivity contribution in [2.75, 3.05) is 37.3 Å². The van der Waals surface area contributed by atoms with E-state index in [4.69, 9.17) is 4.74 Å². The van der Waals surface area contributed by atoms with Gasteiger partial charge in [-0.2, -0.15) is 0 Å². The lowest BCUT2D eigenvalue weighted by molar-refractivity contribution is -0.153. The Morgan fingerprint density at radius 2 is 1.85 bits per heavy atom. The van der Waals surface area contributed by atoms with Crippen LogP contribution in [-0.4, -0.2) is 110 Å². The predicted octanol–water partition coefficient (Wildman–Crippen LogP) is -0.541. The average molecular weight is 590 g/mol. The number of hydrogen-bond donors (Lipinski definition) is 4. The molecule has 15 nitrogen and oxygen atoms in total. The number of hydrogen-bond acceptors (Lipinski definition) is 10. The molecule has 4 rings (SSSR count). The number of β-lactam (4-membered cyclic amide) rings is 1. The van der Waals surface area contributed by atoms with Crippen LogP contribution < -0.4 is 10.6 Å². The number of phenolic OH excluding ortho intramolecular Hbond substituents is 1. The van der Waals surface area contributed by atoms with Crippen molar-refractivity contribution in [2.24, 2.45) is 0 Å². The summed E-state index contributed by atoms with van der Waals surface area (Å²) in [4.78, 5) is 89.2. The number of esters is 1. The highest BCUT2D eigenvalue weighted by Gasteiger charge is 2.54. The molecule has 0 saturated carbocycles. The van der Waals surface area contributed by atoms with Crippen LogP contribution in [0, 0.1) is 0 Å². The average Bonchev–Trinajstić information content (AvgIpc) is 2.92. The number of benzene rings is 1. The van der Waals surface area contributed by atoms with E-state index in [2.05, 4.69) is 10.6 Å². The van der Waals surface area contributed by atoms with E-state index in [0.717, 1.165) is 9.80 Å². The van der Waals surface area contributed by atoms with Crippen molar-refractivity contribution in [2.45, 2.75) is 31.7 Å². The highest BCUT2D eigenvalue weighted by atomic mass is 32.2. The molecule has 0 spiro atoms. The van der Waals surface area contributed by atoms with Gasteiger partial charge in [-0.3, -0.25) is 33.8 Å². The Labute approximate surface area is 237 Å². The summed E-state index contributed by atoms with van der Waals surface area (Å²) in [6, 6.07) is 1.91. The van der Waals surface area contributed by atoms with Gasteiger partial charge in [0.25, 0.3) is 5.91 Å². The van der Waals surface area contributed by atoms with E-state index in [-0.39, 0.29) is 60.1 Å². The molecule has 41 heavy (non-hydrogen) atoms. The Balaban J connectivity index is 1.43. The Morgan fingerprint density at radius 1 is 1.12 bits per heavy atom. The highest BCUT2D eigenvalue weighted by molar-refractivity contribution is 8.00.